The van der Waals surface area contributed by atoms with Gasteiger partial charge in [-0.25, -0.2) is 4.79 Å². The fourth-order valence-corrected chi connectivity index (χ4v) is 3.08. The number of carbonyl (C=O) groups is 1. The van der Waals surface area contributed by atoms with Gasteiger partial charge in [-0.2, -0.15) is 0 Å². The van der Waals surface area contributed by atoms with Crippen LogP contribution in [-0.4, -0.2) is 5.97 Å². The molecule has 3 aromatic carbocycles. The number of aryl methyl sites for hydroxylation is 2. The molecular formula is C24H18O4. The van der Waals surface area contributed by atoms with Gasteiger partial charge in [0.15, 0.2) is 5.76 Å². The Kier molecular flexibility index (Phi) is 4.53. The van der Waals surface area contributed by atoms with Gasteiger partial charge in [-0.05, 0) is 43.7 Å². The Morgan fingerprint density at radius 1 is 0.857 bits per heavy atom. The molecular weight excluding hydrogens is 352 g/mol. The van der Waals surface area contributed by atoms with Gasteiger partial charge in [-0.15, -0.1) is 0 Å². The lowest BCUT2D eigenvalue weighted by Gasteiger charge is -2.11. The van der Waals surface area contributed by atoms with Crippen molar-refractivity contribution in [2.45, 2.75) is 13.8 Å². The summed E-state index contributed by atoms with van der Waals surface area (Å²) >= 11 is 0. The molecule has 0 N–H and O–H groups in total. The van der Waals surface area contributed by atoms with E-state index in [1.807, 2.05) is 56.3 Å². The Hall–Kier alpha value is -3.66. The quantitative estimate of drug-likeness (QED) is 0.460. The zero-order chi connectivity index (χ0) is 19.7. The largest absolute Gasteiger partial charge is 0.452 e. The Balaban J connectivity index is 1.90. The van der Waals surface area contributed by atoms with Gasteiger partial charge in [-0.3, -0.25) is 4.79 Å². The van der Waals surface area contributed by atoms with Crippen LogP contribution in [0.25, 0.3) is 22.3 Å². The first kappa shape index (κ1) is 17.7. The molecule has 0 unspecified atom stereocenters. The fourth-order valence-electron chi connectivity index (χ4n) is 3.08. The number of ether oxygens (including phenoxy) is 1. The molecule has 0 aliphatic rings. The summed E-state index contributed by atoms with van der Waals surface area (Å²) in [6.07, 6.45) is 0. The van der Waals surface area contributed by atoms with E-state index in [0.29, 0.717) is 22.1 Å². The van der Waals surface area contributed by atoms with E-state index in [2.05, 4.69) is 0 Å². The van der Waals surface area contributed by atoms with Gasteiger partial charge in [0.05, 0.1) is 10.9 Å². The lowest BCUT2D eigenvalue weighted by Crippen LogP contribution is -2.16. The Bertz CT molecular complexity index is 1240. The number of benzene rings is 3. The van der Waals surface area contributed by atoms with E-state index >= 15 is 0 Å². The van der Waals surface area contributed by atoms with Crippen molar-refractivity contribution in [3.8, 4) is 17.1 Å². The molecule has 0 amide bonds. The second-order valence-electron chi connectivity index (χ2n) is 6.71. The predicted octanol–water partition coefficient (Wildman–Crippen LogP) is 5.30. The monoisotopic (exact) mass is 370 g/mol. The maximum Gasteiger partial charge on any atom is 0.343 e. The lowest BCUT2D eigenvalue weighted by molar-refractivity contribution is 0.0731. The van der Waals surface area contributed by atoms with Crippen LogP contribution in [0.2, 0.25) is 0 Å². The average Bonchev–Trinajstić information content (AvgIpc) is 2.70. The second kappa shape index (κ2) is 7.16. The summed E-state index contributed by atoms with van der Waals surface area (Å²) in [5, 5.41) is 0.373. The molecule has 4 heteroatoms. The summed E-state index contributed by atoms with van der Waals surface area (Å²) in [6, 6.07) is 21.5. The van der Waals surface area contributed by atoms with E-state index in [1.165, 1.54) is 0 Å². The van der Waals surface area contributed by atoms with Crippen LogP contribution in [0.5, 0.6) is 5.75 Å². The van der Waals surface area contributed by atoms with Crippen molar-refractivity contribution >= 4 is 16.9 Å². The van der Waals surface area contributed by atoms with Crippen LogP contribution in [0, 0.1) is 13.8 Å². The zero-order valence-corrected chi connectivity index (χ0v) is 15.6. The number of hydrogen-bond acceptors (Lipinski definition) is 4. The lowest BCUT2D eigenvalue weighted by atomic mass is 10.1. The highest BCUT2D eigenvalue weighted by molar-refractivity contribution is 5.93. The third-order valence-corrected chi connectivity index (χ3v) is 4.49. The van der Waals surface area contributed by atoms with E-state index in [-0.39, 0.29) is 16.9 Å². The number of hydrogen-bond donors (Lipinski definition) is 0. The molecule has 1 heterocycles. The van der Waals surface area contributed by atoms with Crippen LogP contribution >= 0.6 is 0 Å². The van der Waals surface area contributed by atoms with Gasteiger partial charge < -0.3 is 9.15 Å². The minimum atomic E-state index is -0.598. The van der Waals surface area contributed by atoms with Crippen molar-refractivity contribution in [2.24, 2.45) is 0 Å². The van der Waals surface area contributed by atoms with Crippen LogP contribution < -0.4 is 10.2 Å². The Labute approximate surface area is 162 Å². The molecule has 0 atom stereocenters. The predicted molar refractivity (Wildman–Crippen MR) is 109 cm³/mol. The first-order chi connectivity index (χ1) is 13.5. The highest BCUT2D eigenvalue weighted by Crippen LogP contribution is 2.31. The van der Waals surface area contributed by atoms with Crippen molar-refractivity contribution in [2.75, 3.05) is 0 Å². The molecule has 138 valence electrons. The first-order valence-electron chi connectivity index (χ1n) is 8.94. The third-order valence-electron chi connectivity index (χ3n) is 4.49. The van der Waals surface area contributed by atoms with Crippen molar-refractivity contribution < 1.29 is 13.9 Å². The summed E-state index contributed by atoms with van der Waals surface area (Å²) in [7, 11) is 0. The second-order valence-corrected chi connectivity index (χ2v) is 6.71. The molecule has 4 aromatic rings. The van der Waals surface area contributed by atoms with Gasteiger partial charge in [0.1, 0.15) is 5.58 Å². The average molecular weight is 370 g/mol. The van der Waals surface area contributed by atoms with E-state index < -0.39 is 5.97 Å². The topological polar surface area (TPSA) is 56.5 Å². The van der Waals surface area contributed by atoms with Crippen LogP contribution in [-0.2, 0) is 0 Å². The molecule has 28 heavy (non-hydrogen) atoms. The number of fused-ring (bicyclic) bond motifs is 1. The van der Waals surface area contributed by atoms with E-state index in [1.54, 1.807) is 30.3 Å². The van der Waals surface area contributed by atoms with Crippen LogP contribution in [0.15, 0.2) is 82.0 Å². The summed E-state index contributed by atoms with van der Waals surface area (Å²) in [4.78, 5) is 25.8. The molecule has 0 spiro atoms. The van der Waals surface area contributed by atoms with Gasteiger partial charge in [0, 0.05) is 5.56 Å². The Morgan fingerprint density at radius 2 is 1.61 bits per heavy atom. The molecule has 0 bridgehead atoms. The first-order valence-corrected chi connectivity index (χ1v) is 8.94. The summed E-state index contributed by atoms with van der Waals surface area (Å²) < 4.78 is 11.6. The normalized spacial score (nSPS) is 10.8. The number of esters is 1. The van der Waals surface area contributed by atoms with Gasteiger partial charge in [0.2, 0.25) is 11.2 Å². The van der Waals surface area contributed by atoms with Crippen LogP contribution in [0.1, 0.15) is 21.5 Å². The standard InChI is InChI=1S/C24H18O4/c1-15-7-6-10-18(13-15)24(26)28-23-21(25)19-12-11-16(2)14-20(19)27-22(23)17-8-4-3-5-9-17/h3-14H,1-2H3. The number of carbonyl (C=O) groups excluding carboxylic acids is 1. The van der Waals surface area contributed by atoms with Crippen molar-refractivity contribution in [3.63, 3.8) is 0 Å². The molecule has 0 aliphatic heterocycles. The number of rotatable bonds is 3. The molecule has 0 aliphatic carbocycles. The van der Waals surface area contributed by atoms with Crippen molar-refractivity contribution in [3.05, 3.63) is 99.7 Å². The molecule has 0 saturated carbocycles. The fraction of sp³-hybridized carbons (Fsp3) is 0.0833. The smallest absolute Gasteiger partial charge is 0.343 e. The molecule has 4 rings (SSSR count). The minimum Gasteiger partial charge on any atom is -0.452 e. The molecule has 0 saturated heterocycles. The molecule has 1 aromatic heterocycles. The zero-order valence-electron chi connectivity index (χ0n) is 15.6. The molecule has 4 nitrogen and oxygen atoms in total. The molecule has 0 radical (unpaired) electrons. The summed E-state index contributed by atoms with van der Waals surface area (Å²) in [5.41, 5.74) is 3.02. The highest BCUT2D eigenvalue weighted by Gasteiger charge is 2.21. The van der Waals surface area contributed by atoms with E-state index in [0.717, 1.165) is 11.1 Å². The van der Waals surface area contributed by atoms with Crippen molar-refractivity contribution in [1.29, 1.82) is 0 Å². The maximum absolute atomic E-state index is 13.1. The van der Waals surface area contributed by atoms with E-state index in [4.69, 9.17) is 9.15 Å². The van der Waals surface area contributed by atoms with E-state index in [9.17, 15) is 9.59 Å². The van der Waals surface area contributed by atoms with Gasteiger partial charge in [0.25, 0.3) is 0 Å². The maximum atomic E-state index is 13.1. The Morgan fingerprint density at radius 3 is 2.36 bits per heavy atom. The third kappa shape index (κ3) is 3.32. The van der Waals surface area contributed by atoms with Crippen molar-refractivity contribution in [1.82, 2.24) is 0 Å². The minimum absolute atomic E-state index is 0.103. The summed E-state index contributed by atoms with van der Waals surface area (Å²) in [5.74, 6) is -0.460. The highest BCUT2D eigenvalue weighted by atomic mass is 16.5. The van der Waals surface area contributed by atoms with Gasteiger partial charge in [-0.1, -0.05) is 54.1 Å². The molecule has 0 fully saturated rings. The summed E-state index contributed by atoms with van der Waals surface area (Å²) in [6.45, 7) is 3.81. The van der Waals surface area contributed by atoms with Crippen LogP contribution in [0.3, 0.4) is 0 Å². The SMILES string of the molecule is Cc1cccc(C(=O)Oc2c(-c3ccccc3)oc3cc(C)ccc3c2=O)c1. The van der Waals surface area contributed by atoms with Gasteiger partial charge >= 0.3 is 5.97 Å². The van der Waals surface area contributed by atoms with Crippen LogP contribution in [0.4, 0.5) is 0 Å².